The molecule has 0 amide bonds. The Bertz CT molecular complexity index is 399. The molecule has 0 bridgehead atoms. The molecule has 1 aromatic carbocycles. The van der Waals surface area contributed by atoms with E-state index in [0.29, 0.717) is 12.6 Å². The van der Waals surface area contributed by atoms with Crippen molar-refractivity contribution in [2.45, 2.75) is 24.8 Å². The van der Waals surface area contributed by atoms with Crippen molar-refractivity contribution >= 4 is 0 Å². The van der Waals surface area contributed by atoms with E-state index in [2.05, 4.69) is 55.2 Å². The highest BCUT2D eigenvalue weighted by Gasteiger charge is 2.24. The molecule has 2 N–H and O–H groups in total. The summed E-state index contributed by atoms with van der Waals surface area (Å²) in [7, 11) is 6.39. The predicted molar refractivity (Wildman–Crippen MR) is 81.4 cm³/mol. The molecule has 1 fully saturated rings. The van der Waals surface area contributed by atoms with Crippen LogP contribution in [0, 0.1) is 0 Å². The molecule has 1 unspecified atom stereocenters. The number of nitrogens with zero attached hydrogens (tertiary/aromatic N) is 2. The van der Waals surface area contributed by atoms with Crippen LogP contribution in [0.1, 0.15) is 35.9 Å². The highest BCUT2D eigenvalue weighted by Crippen LogP contribution is 2.40. The Balaban J connectivity index is 2.05. The third-order valence-corrected chi connectivity index (χ3v) is 4.00. The van der Waals surface area contributed by atoms with E-state index < -0.39 is 0 Å². The molecule has 0 radical (unpaired) electrons. The van der Waals surface area contributed by atoms with Crippen molar-refractivity contribution in [3.63, 3.8) is 0 Å². The van der Waals surface area contributed by atoms with Crippen LogP contribution < -0.4 is 5.73 Å². The molecule has 0 spiro atoms. The van der Waals surface area contributed by atoms with E-state index >= 15 is 0 Å². The molecule has 0 saturated heterocycles. The molecule has 19 heavy (non-hydrogen) atoms. The smallest absolute Gasteiger partial charge is 0.0468 e. The van der Waals surface area contributed by atoms with Gasteiger partial charge in [-0.15, -0.1) is 0 Å². The van der Waals surface area contributed by atoms with E-state index in [-0.39, 0.29) is 0 Å². The van der Waals surface area contributed by atoms with Crippen LogP contribution in [0.5, 0.6) is 0 Å². The van der Waals surface area contributed by atoms with Crippen molar-refractivity contribution < 1.29 is 0 Å². The summed E-state index contributed by atoms with van der Waals surface area (Å²) in [5.41, 5.74) is 8.86. The molecule has 106 valence electrons. The Kier molecular flexibility index (Phi) is 4.97. The van der Waals surface area contributed by atoms with Gasteiger partial charge in [-0.05, 0) is 51.0 Å². The Labute approximate surface area is 117 Å². The zero-order valence-corrected chi connectivity index (χ0v) is 12.5. The number of hydrogen-bond donors (Lipinski definition) is 1. The lowest BCUT2D eigenvalue weighted by atomic mass is 10.0. The van der Waals surface area contributed by atoms with Crippen LogP contribution in [0.4, 0.5) is 0 Å². The van der Waals surface area contributed by atoms with Crippen molar-refractivity contribution in [3.8, 4) is 0 Å². The van der Waals surface area contributed by atoms with E-state index in [0.717, 1.165) is 19.0 Å². The van der Waals surface area contributed by atoms with Gasteiger partial charge in [-0.25, -0.2) is 0 Å². The van der Waals surface area contributed by atoms with Gasteiger partial charge in [-0.3, -0.25) is 4.90 Å². The van der Waals surface area contributed by atoms with Crippen LogP contribution in [-0.2, 0) is 0 Å². The lowest BCUT2D eigenvalue weighted by Gasteiger charge is -2.28. The molecule has 0 aromatic heterocycles. The SMILES string of the molecule is CN(C)CCN(C)C(CN)c1cccc(C2CC2)c1. The fraction of sp³-hybridized carbons (Fsp3) is 0.625. The second kappa shape index (κ2) is 6.51. The quantitative estimate of drug-likeness (QED) is 0.815. The minimum atomic E-state index is 0.332. The van der Waals surface area contributed by atoms with Gasteiger partial charge in [-0.1, -0.05) is 24.3 Å². The molecular formula is C16H27N3. The molecule has 1 aliphatic rings. The van der Waals surface area contributed by atoms with Crippen molar-refractivity contribution in [2.24, 2.45) is 5.73 Å². The van der Waals surface area contributed by atoms with Gasteiger partial charge in [-0.2, -0.15) is 0 Å². The maximum atomic E-state index is 6.00. The van der Waals surface area contributed by atoms with Crippen molar-refractivity contribution in [2.75, 3.05) is 40.8 Å². The van der Waals surface area contributed by atoms with Crippen LogP contribution in [-0.4, -0.2) is 50.6 Å². The first-order valence-electron chi connectivity index (χ1n) is 7.26. The zero-order chi connectivity index (χ0) is 13.8. The average Bonchev–Trinajstić information content (AvgIpc) is 3.22. The summed E-state index contributed by atoms with van der Waals surface area (Å²) in [5, 5.41) is 0. The normalized spacial score (nSPS) is 17.2. The van der Waals surface area contributed by atoms with Gasteiger partial charge >= 0.3 is 0 Å². The van der Waals surface area contributed by atoms with Gasteiger partial charge in [0.1, 0.15) is 0 Å². The summed E-state index contributed by atoms with van der Waals surface area (Å²) in [6.07, 6.45) is 2.71. The van der Waals surface area contributed by atoms with Gasteiger partial charge < -0.3 is 10.6 Å². The monoisotopic (exact) mass is 261 g/mol. The summed E-state index contributed by atoms with van der Waals surface area (Å²) in [6.45, 7) is 2.79. The van der Waals surface area contributed by atoms with Crippen molar-refractivity contribution in [1.82, 2.24) is 9.80 Å². The zero-order valence-electron chi connectivity index (χ0n) is 12.5. The Hall–Kier alpha value is -0.900. The first kappa shape index (κ1) is 14.5. The van der Waals surface area contributed by atoms with Gasteiger partial charge in [0.25, 0.3) is 0 Å². The molecular weight excluding hydrogens is 234 g/mol. The lowest BCUT2D eigenvalue weighted by molar-refractivity contribution is 0.222. The van der Waals surface area contributed by atoms with E-state index in [1.807, 2.05) is 0 Å². The topological polar surface area (TPSA) is 32.5 Å². The summed E-state index contributed by atoms with van der Waals surface area (Å²) in [5.74, 6) is 0.811. The number of likely N-dealkylation sites (N-methyl/N-ethyl adjacent to an activating group) is 2. The van der Waals surface area contributed by atoms with E-state index in [1.165, 1.54) is 24.0 Å². The second-order valence-electron chi connectivity index (χ2n) is 5.98. The van der Waals surface area contributed by atoms with Crippen LogP contribution in [0.3, 0.4) is 0 Å². The maximum Gasteiger partial charge on any atom is 0.0468 e. The fourth-order valence-electron chi connectivity index (χ4n) is 2.52. The summed E-state index contributed by atoms with van der Waals surface area (Å²) in [6, 6.07) is 9.36. The first-order chi connectivity index (χ1) is 9.11. The van der Waals surface area contributed by atoms with Gasteiger partial charge in [0.05, 0.1) is 0 Å². The molecule has 3 heteroatoms. The second-order valence-corrected chi connectivity index (χ2v) is 5.98. The summed E-state index contributed by atoms with van der Waals surface area (Å²) in [4.78, 5) is 4.58. The lowest BCUT2D eigenvalue weighted by Crippen LogP contribution is -2.35. The Morgan fingerprint density at radius 1 is 1.21 bits per heavy atom. The Morgan fingerprint density at radius 2 is 1.95 bits per heavy atom. The first-order valence-corrected chi connectivity index (χ1v) is 7.26. The minimum Gasteiger partial charge on any atom is -0.329 e. The van der Waals surface area contributed by atoms with E-state index in [1.54, 1.807) is 0 Å². The van der Waals surface area contributed by atoms with E-state index in [4.69, 9.17) is 5.73 Å². The third kappa shape index (κ3) is 4.03. The number of rotatable bonds is 7. The van der Waals surface area contributed by atoms with Crippen molar-refractivity contribution in [1.29, 1.82) is 0 Å². The highest BCUT2D eigenvalue weighted by atomic mass is 15.2. The molecule has 3 nitrogen and oxygen atoms in total. The summed E-state index contributed by atoms with van der Waals surface area (Å²) < 4.78 is 0. The number of benzene rings is 1. The molecule has 0 heterocycles. The fourth-order valence-corrected chi connectivity index (χ4v) is 2.52. The average molecular weight is 261 g/mol. The Morgan fingerprint density at radius 3 is 2.53 bits per heavy atom. The van der Waals surface area contributed by atoms with Gasteiger partial charge in [0.2, 0.25) is 0 Å². The minimum absolute atomic E-state index is 0.332. The van der Waals surface area contributed by atoms with Gasteiger partial charge in [0, 0.05) is 25.7 Å². The molecule has 1 atom stereocenters. The molecule has 1 aromatic rings. The van der Waals surface area contributed by atoms with Crippen LogP contribution in [0.15, 0.2) is 24.3 Å². The van der Waals surface area contributed by atoms with Gasteiger partial charge in [0.15, 0.2) is 0 Å². The van der Waals surface area contributed by atoms with Crippen molar-refractivity contribution in [3.05, 3.63) is 35.4 Å². The largest absolute Gasteiger partial charge is 0.329 e. The summed E-state index contributed by atoms with van der Waals surface area (Å²) >= 11 is 0. The third-order valence-electron chi connectivity index (χ3n) is 4.00. The predicted octanol–water partition coefficient (Wildman–Crippen LogP) is 2.06. The van der Waals surface area contributed by atoms with E-state index in [9.17, 15) is 0 Å². The highest BCUT2D eigenvalue weighted by molar-refractivity contribution is 5.31. The molecule has 1 saturated carbocycles. The maximum absolute atomic E-state index is 6.00. The van der Waals surface area contributed by atoms with Crippen LogP contribution in [0.2, 0.25) is 0 Å². The molecule has 2 rings (SSSR count). The standard InChI is InChI=1S/C16H27N3/c1-18(2)9-10-19(3)16(12-17)15-6-4-5-14(11-15)13-7-8-13/h4-6,11,13,16H,7-10,12,17H2,1-3H3. The number of nitrogens with two attached hydrogens (primary N) is 1. The molecule has 1 aliphatic carbocycles. The molecule has 0 aliphatic heterocycles. The number of hydrogen-bond acceptors (Lipinski definition) is 3. The van der Waals surface area contributed by atoms with Crippen LogP contribution >= 0.6 is 0 Å². The van der Waals surface area contributed by atoms with Crippen LogP contribution in [0.25, 0.3) is 0 Å².